The quantitative estimate of drug-likeness (QED) is 0.766. The zero-order chi connectivity index (χ0) is 18.4. The number of anilines is 1. The van der Waals surface area contributed by atoms with Crippen LogP contribution < -0.4 is 10.1 Å². The summed E-state index contributed by atoms with van der Waals surface area (Å²) in [6, 6.07) is 8.87. The largest absolute Gasteiger partial charge is 0.494 e. The van der Waals surface area contributed by atoms with Crippen molar-refractivity contribution in [2.24, 2.45) is 0 Å². The van der Waals surface area contributed by atoms with Crippen molar-refractivity contribution in [3.05, 3.63) is 57.8 Å². The van der Waals surface area contributed by atoms with Crippen molar-refractivity contribution in [2.45, 2.75) is 6.42 Å². The molecule has 0 saturated heterocycles. The molecular formula is C17H14Cl2FNO4. The van der Waals surface area contributed by atoms with E-state index in [1.54, 1.807) is 18.2 Å². The molecule has 0 heterocycles. The van der Waals surface area contributed by atoms with Crippen molar-refractivity contribution in [1.82, 2.24) is 0 Å². The first-order chi connectivity index (χ1) is 11.9. The highest BCUT2D eigenvalue weighted by atomic mass is 35.5. The molecule has 0 unspecified atom stereocenters. The molecule has 0 aliphatic carbocycles. The van der Waals surface area contributed by atoms with Gasteiger partial charge in [0.05, 0.1) is 29.3 Å². The molecule has 0 atom stereocenters. The number of benzene rings is 2. The van der Waals surface area contributed by atoms with Crippen molar-refractivity contribution >= 4 is 40.8 Å². The number of esters is 1. The molecule has 2 aromatic carbocycles. The van der Waals surface area contributed by atoms with Crippen molar-refractivity contribution in [2.75, 3.05) is 19.0 Å². The normalized spacial score (nSPS) is 10.2. The second kappa shape index (κ2) is 8.69. The highest BCUT2D eigenvalue weighted by Crippen LogP contribution is 2.29. The molecule has 0 aliphatic heterocycles. The Kier molecular flexibility index (Phi) is 6.61. The maximum atomic E-state index is 13.6. The van der Waals surface area contributed by atoms with E-state index in [9.17, 15) is 14.0 Å². The fourth-order valence-electron chi connectivity index (χ4n) is 1.98. The van der Waals surface area contributed by atoms with Crippen LogP contribution in [0.2, 0.25) is 10.0 Å². The van der Waals surface area contributed by atoms with Gasteiger partial charge in [0.15, 0.2) is 18.2 Å². The van der Waals surface area contributed by atoms with Gasteiger partial charge in [0.1, 0.15) is 0 Å². The van der Waals surface area contributed by atoms with Gasteiger partial charge in [-0.2, -0.15) is 0 Å². The van der Waals surface area contributed by atoms with E-state index >= 15 is 0 Å². The molecule has 0 radical (unpaired) electrons. The van der Waals surface area contributed by atoms with Crippen LogP contribution in [-0.4, -0.2) is 25.6 Å². The molecule has 0 fully saturated rings. The van der Waals surface area contributed by atoms with Crippen LogP contribution in [0.5, 0.6) is 5.75 Å². The SMILES string of the molecule is COc1ccc(CC(=O)OCC(=O)Nc2c(Cl)cccc2Cl)cc1F. The first-order valence-electron chi connectivity index (χ1n) is 7.12. The Balaban J connectivity index is 1.87. The fraction of sp³-hybridized carbons (Fsp3) is 0.176. The monoisotopic (exact) mass is 385 g/mol. The number of hydrogen-bond donors (Lipinski definition) is 1. The topological polar surface area (TPSA) is 64.6 Å². The number of ether oxygens (including phenoxy) is 2. The molecule has 2 rings (SSSR count). The fourth-order valence-corrected chi connectivity index (χ4v) is 2.47. The Bertz CT molecular complexity index is 778. The number of amides is 1. The summed E-state index contributed by atoms with van der Waals surface area (Å²) in [4.78, 5) is 23.6. The number of rotatable bonds is 6. The van der Waals surface area contributed by atoms with Crippen molar-refractivity contribution in [3.8, 4) is 5.75 Å². The second-order valence-electron chi connectivity index (χ2n) is 4.95. The number of methoxy groups -OCH3 is 1. The van der Waals surface area contributed by atoms with Gasteiger partial charge in [-0.05, 0) is 29.8 Å². The molecule has 25 heavy (non-hydrogen) atoms. The van der Waals surface area contributed by atoms with Gasteiger partial charge >= 0.3 is 5.97 Å². The summed E-state index contributed by atoms with van der Waals surface area (Å²) < 4.78 is 23.2. The molecule has 1 amide bonds. The summed E-state index contributed by atoms with van der Waals surface area (Å²) in [7, 11) is 1.34. The minimum Gasteiger partial charge on any atom is -0.494 e. The Morgan fingerprint density at radius 1 is 1.16 bits per heavy atom. The molecule has 0 spiro atoms. The van der Waals surface area contributed by atoms with Crippen molar-refractivity contribution < 1.29 is 23.5 Å². The summed E-state index contributed by atoms with van der Waals surface area (Å²) >= 11 is 11.9. The minimum atomic E-state index is -0.676. The molecule has 0 bridgehead atoms. The summed E-state index contributed by atoms with van der Waals surface area (Å²) in [5.74, 6) is -1.78. The maximum absolute atomic E-state index is 13.6. The van der Waals surface area contributed by atoms with Gasteiger partial charge in [0, 0.05) is 0 Å². The van der Waals surface area contributed by atoms with Crippen LogP contribution in [0, 0.1) is 5.82 Å². The summed E-state index contributed by atoms with van der Waals surface area (Å²) in [5.41, 5.74) is 0.641. The molecule has 0 saturated carbocycles. The summed E-state index contributed by atoms with van der Waals surface area (Å²) in [6.07, 6.45) is -0.180. The van der Waals surface area contributed by atoms with Crippen LogP contribution in [0.15, 0.2) is 36.4 Å². The molecule has 8 heteroatoms. The smallest absolute Gasteiger partial charge is 0.310 e. The highest BCUT2D eigenvalue weighted by molar-refractivity contribution is 6.39. The maximum Gasteiger partial charge on any atom is 0.310 e. The minimum absolute atomic E-state index is 0.0770. The predicted molar refractivity (Wildman–Crippen MR) is 92.7 cm³/mol. The summed E-state index contributed by atoms with van der Waals surface area (Å²) in [5, 5.41) is 2.99. The van der Waals surface area contributed by atoms with Gasteiger partial charge in [0.25, 0.3) is 5.91 Å². The number of carbonyl (C=O) groups is 2. The average Bonchev–Trinajstić information content (AvgIpc) is 2.57. The zero-order valence-corrected chi connectivity index (χ0v) is 14.7. The van der Waals surface area contributed by atoms with Crippen molar-refractivity contribution in [1.29, 1.82) is 0 Å². The van der Waals surface area contributed by atoms with Crippen LogP contribution >= 0.6 is 23.2 Å². The van der Waals surface area contributed by atoms with E-state index in [4.69, 9.17) is 32.7 Å². The van der Waals surface area contributed by atoms with Crippen LogP contribution in [0.25, 0.3) is 0 Å². The Morgan fingerprint density at radius 3 is 2.44 bits per heavy atom. The molecule has 0 aromatic heterocycles. The lowest BCUT2D eigenvalue weighted by Gasteiger charge is -2.10. The standard InChI is InChI=1S/C17H14Cl2FNO4/c1-24-14-6-5-10(7-13(14)20)8-16(23)25-9-15(22)21-17-11(18)3-2-4-12(17)19/h2-7H,8-9H2,1H3,(H,21,22). The van der Waals surface area contributed by atoms with E-state index in [2.05, 4.69) is 5.32 Å². The van der Waals surface area contributed by atoms with E-state index in [1.165, 1.54) is 25.3 Å². The van der Waals surface area contributed by atoms with Crippen LogP contribution in [0.1, 0.15) is 5.56 Å². The Labute approximate surface area is 153 Å². The third-order valence-corrected chi connectivity index (χ3v) is 3.79. The summed E-state index contributed by atoms with van der Waals surface area (Å²) in [6.45, 7) is -0.515. The average molecular weight is 386 g/mol. The van der Waals surface area contributed by atoms with E-state index in [-0.39, 0.29) is 27.9 Å². The van der Waals surface area contributed by atoms with Crippen LogP contribution in [0.3, 0.4) is 0 Å². The first-order valence-corrected chi connectivity index (χ1v) is 7.88. The van der Waals surface area contributed by atoms with Gasteiger partial charge in [-0.3, -0.25) is 9.59 Å². The Hall–Kier alpha value is -2.31. The predicted octanol–water partition coefficient (Wildman–Crippen LogP) is 3.87. The number of para-hydroxylation sites is 1. The number of nitrogens with one attached hydrogen (secondary N) is 1. The molecule has 1 N–H and O–H groups in total. The van der Waals surface area contributed by atoms with E-state index in [0.29, 0.717) is 5.56 Å². The zero-order valence-electron chi connectivity index (χ0n) is 13.1. The first kappa shape index (κ1) is 19.0. The molecule has 0 aliphatic rings. The van der Waals surface area contributed by atoms with Gasteiger partial charge in [-0.15, -0.1) is 0 Å². The van der Waals surface area contributed by atoms with Gasteiger partial charge in [-0.1, -0.05) is 35.3 Å². The second-order valence-corrected chi connectivity index (χ2v) is 5.77. The lowest BCUT2D eigenvalue weighted by atomic mass is 10.1. The van der Waals surface area contributed by atoms with Gasteiger partial charge in [-0.25, -0.2) is 4.39 Å². The van der Waals surface area contributed by atoms with Gasteiger partial charge < -0.3 is 14.8 Å². The van der Waals surface area contributed by atoms with Crippen molar-refractivity contribution in [3.63, 3.8) is 0 Å². The lowest BCUT2D eigenvalue weighted by Crippen LogP contribution is -2.22. The molecule has 2 aromatic rings. The van der Waals surface area contributed by atoms with E-state index < -0.39 is 24.3 Å². The third-order valence-electron chi connectivity index (χ3n) is 3.16. The van der Waals surface area contributed by atoms with E-state index in [1.807, 2.05) is 0 Å². The number of halogens is 3. The number of hydrogen-bond acceptors (Lipinski definition) is 4. The highest BCUT2D eigenvalue weighted by Gasteiger charge is 2.13. The lowest BCUT2D eigenvalue weighted by molar-refractivity contribution is -0.146. The van der Waals surface area contributed by atoms with Gasteiger partial charge in [0.2, 0.25) is 0 Å². The van der Waals surface area contributed by atoms with Crippen LogP contribution in [-0.2, 0) is 20.7 Å². The molecule has 132 valence electrons. The molecule has 5 nitrogen and oxygen atoms in total. The third kappa shape index (κ3) is 5.34. The number of carbonyl (C=O) groups excluding carboxylic acids is 2. The van der Waals surface area contributed by atoms with E-state index in [0.717, 1.165) is 0 Å². The Morgan fingerprint density at radius 2 is 1.84 bits per heavy atom. The molecular weight excluding hydrogens is 372 g/mol. The van der Waals surface area contributed by atoms with Crippen LogP contribution in [0.4, 0.5) is 10.1 Å².